The Hall–Kier alpha value is 0.285. The van der Waals surface area contributed by atoms with Crippen molar-refractivity contribution in [3.8, 4) is 0 Å². The van der Waals surface area contributed by atoms with Crippen molar-refractivity contribution >= 4 is 42.7 Å². The maximum atomic E-state index is 9.44. The van der Waals surface area contributed by atoms with Crippen LogP contribution in [0.5, 0.6) is 0 Å². The molecule has 13 heavy (non-hydrogen) atoms. The van der Waals surface area contributed by atoms with Crippen LogP contribution in [0, 0.1) is 0 Å². The standard InChI is InChI=1S/C8H8BIO2S/c10-13-5-6-1-2-7-4-12-9(11)8(7)3-6/h1-3,11H,4-5H2. The van der Waals surface area contributed by atoms with Crippen molar-refractivity contribution in [3.05, 3.63) is 29.3 Å². The molecule has 1 N–H and O–H groups in total. The van der Waals surface area contributed by atoms with Gasteiger partial charge in [-0.2, -0.15) is 0 Å². The molecule has 0 saturated heterocycles. The first-order valence-corrected chi connectivity index (χ1v) is 7.49. The van der Waals surface area contributed by atoms with Gasteiger partial charge in [-0.3, -0.25) is 0 Å². The topological polar surface area (TPSA) is 29.5 Å². The number of rotatable bonds is 2. The van der Waals surface area contributed by atoms with Crippen LogP contribution in [0.2, 0.25) is 0 Å². The van der Waals surface area contributed by atoms with Crippen LogP contribution in [0.3, 0.4) is 0 Å². The molecule has 1 aliphatic heterocycles. The Bertz CT molecular complexity index is 321. The van der Waals surface area contributed by atoms with Crippen LogP contribution in [0.4, 0.5) is 0 Å². The van der Waals surface area contributed by atoms with Crippen molar-refractivity contribution < 1.29 is 9.68 Å². The molecule has 0 fully saturated rings. The van der Waals surface area contributed by atoms with Crippen LogP contribution in [0.25, 0.3) is 0 Å². The molecule has 0 amide bonds. The summed E-state index contributed by atoms with van der Waals surface area (Å²) in [5.41, 5.74) is 3.28. The van der Waals surface area contributed by atoms with E-state index in [0.717, 1.165) is 16.8 Å². The number of halogens is 1. The summed E-state index contributed by atoms with van der Waals surface area (Å²) in [5, 5.41) is 9.44. The van der Waals surface area contributed by atoms with Crippen molar-refractivity contribution in [2.45, 2.75) is 12.4 Å². The molecule has 0 atom stereocenters. The van der Waals surface area contributed by atoms with Gasteiger partial charge < -0.3 is 9.68 Å². The van der Waals surface area contributed by atoms with E-state index < -0.39 is 7.12 Å². The van der Waals surface area contributed by atoms with Gasteiger partial charge in [0.05, 0.1) is 6.61 Å². The maximum Gasteiger partial charge on any atom is 0.491 e. The summed E-state index contributed by atoms with van der Waals surface area (Å²) in [6, 6.07) is 6.15. The highest BCUT2D eigenvalue weighted by molar-refractivity contribution is 14.2. The summed E-state index contributed by atoms with van der Waals surface area (Å²) < 4.78 is 5.10. The second-order valence-electron chi connectivity index (χ2n) is 2.95. The van der Waals surface area contributed by atoms with E-state index in [1.54, 1.807) is 8.93 Å². The molecule has 0 aromatic heterocycles. The van der Waals surface area contributed by atoms with E-state index in [-0.39, 0.29) is 0 Å². The van der Waals surface area contributed by atoms with Gasteiger partial charge >= 0.3 is 7.12 Å². The van der Waals surface area contributed by atoms with Crippen molar-refractivity contribution in [1.29, 1.82) is 0 Å². The zero-order chi connectivity index (χ0) is 9.26. The Balaban J connectivity index is 2.31. The minimum Gasteiger partial charge on any atom is -0.423 e. The lowest BCUT2D eigenvalue weighted by Crippen LogP contribution is -2.28. The number of hydrogen-bond acceptors (Lipinski definition) is 3. The highest BCUT2D eigenvalue weighted by Crippen LogP contribution is 2.20. The minimum atomic E-state index is -0.714. The molecule has 1 aliphatic rings. The van der Waals surface area contributed by atoms with Crippen LogP contribution in [-0.2, 0) is 17.0 Å². The molecule has 0 bridgehead atoms. The molecule has 0 spiro atoms. The minimum absolute atomic E-state index is 0.536. The van der Waals surface area contributed by atoms with Gasteiger partial charge in [0.15, 0.2) is 0 Å². The summed E-state index contributed by atoms with van der Waals surface area (Å²) in [4.78, 5) is 0. The third-order valence-electron chi connectivity index (χ3n) is 2.09. The molecule has 68 valence electrons. The molecular formula is C8H8BIO2S. The first-order chi connectivity index (χ1) is 6.31. The molecule has 0 aliphatic carbocycles. The molecule has 1 heterocycles. The monoisotopic (exact) mass is 306 g/mol. The lowest BCUT2D eigenvalue weighted by Gasteiger charge is -2.01. The Kier molecular flexibility index (Phi) is 3.18. The average Bonchev–Trinajstić information content (AvgIpc) is 2.49. The smallest absolute Gasteiger partial charge is 0.423 e. The lowest BCUT2D eigenvalue weighted by atomic mass is 9.79. The number of fused-ring (bicyclic) bond motifs is 1. The molecule has 0 unspecified atom stereocenters. The quantitative estimate of drug-likeness (QED) is 0.663. The molecule has 1 aromatic rings. The maximum absolute atomic E-state index is 9.44. The van der Waals surface area contributed by atoms with Gasteiger partial charge in [-0.05, 0) is 37.8 Å². The first kappa shape index (κ1) is 9.83. The summed E-state index contributed by atoms with van der Waals surface area (Å²) in [6.07, 6.45) is 0. The summed E-state index contributed by atoms with van der Waals surface area (Å²) >= 11 is 2.27. The molecule has 1 aromatic carbocycles. The second-order valence-corrected chi connectivity index (χ2v) is 5.33. The van der Waals surface area contributed by atoms with Gasteiger partial charge in [-0.25, -0.2) is 0 Å². The van der Waals surface area contributed by atoms with Crippen molar-refractivity contribution in [1.82, 2.24) is 0 Å². The first-order valence-electron chi connectivity index (χ1n) is 3.96. The zero-order valence-corrected chi connectivity index (χ0v) is 9.84. The Morgan fingerprint density at radius 1 is 1.62 bits per heavy atom. The average molecular weight is 306 g/mol. The summed E-state index contributed by atoms with van der Waals surface area (Å²) in [6.45, 7) is 0.536. The molecule has 2 nitrogen and oxygen atoms in total. The summed E-state index contributed by atoms with van der Waals surface area (Å²) in [7, 11) is 1.04. The Morgan fingerprint density at radius 3 is 3.23 bits per heavy atom. The predicted molar refractivity (Wildman–Crippen MR) is 64.2 cm³/mol. The molecule has 5 heteroatoms. The Morgan fingerprint density at radius 2 is 2.46 bits per heavy atom. The van der Waals surface area contributed by atoms with Crippen molar-refractivity contribution in [2.24, 2.45) is 0 Å². The van der Waals surface area contributed by atoms with Gasteiger partial charge in [0.2, 0.25) is 0 Å². The van der Waals surface area contributed by atoms with E-state index in [9.17, 15) is 5.02 Å². The molecule has 0 radical (unpaired) electrons. The van der Waals surface area contributed by atoms with E-state index in [4.69, 9.17) is 4.65 Å². The lowest BCUT2D eigenvalue weighted by molar-refractivity contribution is 0.275. The predicted octanol–water partition coefficient (Wildman–Crippen LogP) is 1.49. The third kappa shape index (κ3) is 2.03. The van der Waals surface area contributed by atoms with Gasteiger partial charge in [0.25, 0.3) is 0 Å². The van der Waals surface area contributed by atoms with Crippen molar-refractivity contribution in [3.63, 3.8) is 0 Å². The fraction of sp³-hybridized carbons (Fsp3) is 0.250. The van der Waals surface area contributed by atoms with Crippen LogP contribution < -0.4 is 5.46 Å². The van der Waals surface area contributed by atoms with Crippen LogP contribution in [0.15, 0.2) is 18.2 Å². The van der Waals surface area contributed by atoms with Gasteiger partial charge in [-0.15, -0.1) is 0 Å². The van der Waals surface area contributed by atoms with Gasteiger partial charge in [0, 0.05) is 5.75 Å². The Labute approximate surface area is 93.8 Å². The molecule has 0 saturated carbocycles. The highest BCUT2D eigenvalue weighted by atomic mass is 127. The van der Waals surface area contributed by atoms with Crippen LogP contribution >= 0.6 is 30.1 Å². The SMILES string of the molecule is OB1OCc2ccc(CSI)cc21. The molecule has 2 rings (SSSR count). The fourth-order valence-corrected chi connectivity index (χ4v) is 2.80. The largest absolute Gasteiger partial charge is 0.491 e. The van der Waals surface area contributed by atoms with Crippen LogP contribution in [0.1, 0.15) is 11.1 Å². The normalized spacial score (nSPS) is 14.8. The fourth-order valence-electron chi connectivity index (χ4n) is 1.42. The van der Waals surface area contributed by atoms with E-state index in [2.05, 4.69) is 27.3 Å². The van der Waals surface area contributed by atoms with E-state index in [0.29, 0.717) is 6.61 Å². The third-order valence-corrected chi connectivity index (χ3v) is 3.47. The van der Waals surface area contributed by atoms with Crippen molar-refractivity contribution in [2.75, 3.05) is 0 Å². The van der Waals surface area contributed by atoms with E-state index >= 15 is 0 Å². The van der Waals surface area contributed by atoms with Gasteiger partial charge in [0.1, 0.15) is 0 Å². The van der Waals surface area contributed by atoms with E-state index in [1.807, 2.05) is 12.1 Å². The van der Waals surface area contributed by atoms with Crippen LogP contribution in [-0.4, -0.2) is 12.1 Å². The summed E-state index contributed by atoms with van der Waals surface area (Å²) in [5.74, 6) is 0.973. The number of hydrogen-bond donors (Lipinski definition) is 1. The molecular weight excluding hydrogens is 298 g/mol. The van der Waals surface area contributed by atoms with E-state index in [1.165, 1.54) is 5.56 Å². The van der Waals surface area contributed by atoms with Gasteiger partial charge in [-0.1, -0.05) is 27.1 Å². The number of benzene rings is 1. The highest BCUT2D eigenvalue weighted by Gasteiger charge is 2.26. The zero-order valence-electron chi connectivity index (χ0n) is 6.87. The second kappa shape index (κ2) is 4.21.